The predicted molar refractivity (Wildman–Crippen MR) is 75.2 cm³/mol. The van der Waals surface area contributed by atoms with Gasteiger partial charge in [-0.05, 0) is 28.1 Å². The zero-order valence-corrected chi connectivity index (χ0v) is 12.4. The number of nitrogens with one attached hydrogen (secondary N) is 2. The van der Waals surface area contributed by atoms with Crippen molar-refractivity contribution in [3.63, 3.8) is 0 Å². The van der Waals surface area contributed by atoms with Gasteiger partial charge in [-0.1, -0.05) is 0 Å². The van der Waals surface area contributed by atoms with E-state index in [1.165, 1.54) is 6.07 Å². The second kappa shape index (κ2) is 6.92. The van der Waals surface area contributed by atoms with Crippen molar-refractivity contribution in [2.45, 2.75) is 6.54 Å². The number of benzene rings is 1. The molecule has 0 radical (unpaired) electrons. The van der Waals surface area contributed by atoms with Crippen LogP contribution in [0.15, 0.2) is 22.8 Å². The Morgan fingerprint density at radius 2 is 2.20 bits per heavy atom. The normalized spacial score (nSPS) is 11.0. The van der Waals surface area contributed by atoms with Gasteiger partial charge in [0.05, 0.1) is 11.1 Å². The molecule has 0 unspecified atom stereocenters. The van der Waals surface area contributed by atoms with Crippen molar-refractivity contribution in [1.82, 2.24) is 15.3 Å². The number of aromatic amines is 1. The third-order valence-electron chi connectivity index (χ3n) is 2.72. The summed E-state index contributed by atoms with van der Waals surface area (Å²) in [5.74, 6) is -1.33. The molecule has 2 aromatic rings. The molecule has 7 heteroatoms. The lowest BCUT2D eigenvalue weighted by atomic mass is 10.2. The van der Waals surface area contributed by atoms with Gasteiger partial charge in [-0.3, -0.25) is 0 Å². The van der Waals surface area contributed by atoms with E-state index in [0.717, 1.165) is 18.3 Å². The van der Waals surface area contributed by atoms with E-state index < -0.39 is 11.6 Å². The molecule has 2 N–H and O–H groups in total. The Kier molecular flexibility index (Phi) is 5.22. The van der Waals surface area contributed by atoms with Crippen LogP contribution in [0.4, 0.5) is 8.78 Å². The molecule has 2 rings (SSSR count). The number of methoxy groups -OCH3 is 1. The second-order valence-electron chi connectivity index (χ2n) is 4.15. The van der Waals surface area contributed by atoms with E-state index in [9.17, 15) is 8.78 Å². The van der Waals surface area contributed by atoms with E-state index in [1.807, 2.05) is 0 Å². The summed E-state index contributed by atoms with van der Waals surface area (Å²) in [5.41, 5.74) is 1.33. The van der Waals surface area contributed by atoms with Gasteiger partial charge >= 0.3 is 0 Å². The molecular weight excluding hydrogens is 332 g/mol. The average molecular weight is 346 g/mol. The standard InChI is InChI=1S/C13H14BrF2N3O/c1-20-5-4-17-6-8-7-18-13(19-8)9-2-3-10(15)12(16)11(9)14/h2-3,7,17H,4-6H2,1H3,(H,18,19). The highest BCUT2D eigenvalue weighted by atomic mass is 79.9. The number of hydrogen-bond donors (Lipinski definition) is 2. The van der Waals surface area contributed by atoms with Crippen LogP contribution in [0.5, 0.6) is 0 Å². The monoisotopic (exact) mass is 345 g/mol. The van der Waals surface area contributed by atoms with Crippen molar-refractivity contribution in [2.24, 2.45) is 0 Å². The maximum Gasteiger partial charge on any atom is 0.173 e. The first kappa shape index (κ1) is 15.1. The minimum absolute atomic E-state index is 0.0609. The SMILES string of the molecule is COCCNCc1cnc(-c2ccc(F)c(F)c2Br)[nH]1. The van der Waals surface area contributed by atoms with Crippen molar-refractivity contribution in [1.29, 1.82) is 0 Å². The van der Waals surface area contributed by atoms with Gasteiger partial charge in [-0.2, -0.15) is 0 Å². The number of nitrogens with zero attached hydrogens (tertiary/aromatic N) is 1. The van der Waals surface area contributed by atoms with Crippen LogP contribution in [-0.2, 0) is 11.3 Å². The number of ether oxygens (including phenoxy) is 1. The highest BCUT2D eigenvalue weighted by Crippen LogP contribution is 2.29. The summed E-state index contributed by atoms with van der Waals surface area (Å²) in [6, 6.07) is 2.55. The largest absolute Gasteiger partial charge is 0.383 e. The Hall–Kier alpha value is -1.31. The van der Waals surface area contributed by atoms with E-state index >= 15 is 0 Å². The molecule has 0 bridgehead atoms. The Bertz CT molecular complexity index is 589. The van der Waals surface area contributed by atoms with Crippen LogP contribution in [0.25, 0.3) is 11.4 Å². The lowest BCUT2D eigenvalue weighted by Crippen LogP contribution is -2.18. The maximum atomic E-state index is 13.5. The summed E-state index contributed by atoms with van der Waals surface area (Å²) >= 11 is 3.04. The van der Waals surface area contributed by atoms with Gasteiger partial charge < -0.3 is 15.0 Å². The molecule has 0 aliphatic carbocycles. The smallest absolute Gasteiger partial charge is 0.173 e. The fourth-order valence-corrected chi connectivity index (χ4v) is 2.20. The Morgan fingerprint density at radius 3 is 2.95 bits per heavy atom. The summed E-state index contributed by atoms with van der Waals surface area (Å²) in [6.07, 6.45) is 1.66. The molecular formula is C13H14BrF2N3O. The van der Waals surface area contributed by atoms with Crippen molar-refractivity contribution < 1.29 is 13.5 Å². The molecule has 4 nitrogen and oxygen atoms in total. The average Bonchev–Trinajstić information content (AvgIpc) is 2.90. The zero-order valence-electron chi connectivity index (χ0n) is 10.8. The molecule has 1 aromatic heterocycles. The fraction of sp³-hybridized carbons (Fsp3) is 0.308. The van der Waals surface area contributed by atoms with E-state index in [1.54, 1.807) is 13.3 Å². The maximum absolute atomic E-state index is 13.5. The third-order valence-corrected chi connectivity index (χ3v) is 3.49. The summed E-state index contributed by atoms with van der Waals surface area (Å²) in [6.45, 7) is 1.94. The van der Waals surface area contributed by atoms with Gasteiger partial charge in [-0.15, -0.1) is 0 Å². The van der Waals surface area contributed by atoms with E-state index in [0.29, 0.717) is 24.5 Å². The van der Waals surface area contributed by atoms with Crippen LogP contribution in [-0.4, -0.2) is 30.2 Å². The highest BCUT2D eigenvalue weighted by molar-refractivity contribution is 9.10. The second-order valence-corrected chi connectivity index (χ2v) is 4.94. The molecule has 0 fully saturated rings. The number of H-pyrrole nitrogens is 1. The fourth-order valence-electron chi connectivity index (χ4n) is 1.69. The predicted octanol–water partition coefficient (Wildman–Crippen LogP) is 2.85. The Morgan fingerprint density at radius 1 is 1.40 bits per heavy atom. The number of aromatic nitrogens is 2. The summed E-state index contributed by atoms with van der Waals surface area (Å²) in [4.78, 5) is 7.23. The lowest BCUT2D eigenvalue weighted by Gasteiger charge is -2.04. The molecule has 0 aliphatic heterocycles. The minimum Gasteiger partial charge on any atom is -0.383 e. The highest BCUT2D eigenvalue weighted by Gasteiger charge is 2.14. The first-order valence-corrected chi connectivity index (χ1v) is 6.80. The molecule has 0 spiro atoms. The summed E-state index contributed by atoms with van der Waals surface area (Å²) < 4.78 is 31.5. The van der Waals surface area contributed by atoms with Crippen molar-refractivity contribution in [3.8, 4) is 11.4 Å². The molecule has 1 aromatic carbocycles. The zero-order chi connectivity index (χ0) is 14.5. The van der Waals surface area contributed by atoms with Crippen molar-refractivity contribution in [2.75, 3.05) is 20.3 Å². The quantitative estimate of drug-likeness (QED) is 0.625. The van der Waals surface area contributed by atoms with Crippen molar-refractivity contribution in [3.05, 3.63) is 40.1 Å². The molecule has 0 amide bonds. The first-order chi connectivity index (χ1) is 9.63. The molecule has 0 saturated carbocycles. The van der Waals surface area contributed by atoms with Crippen LogP contribution in [0.3, 0.4) is 0 Å². The van der Waals surface area contributed by atoms with Gasteiger partial charge in [0.15, 0.2) is 11.6 Å². The molecule has 108 valence electrons. The Balaban J connectivity index is 2.11. The van der Waals surface area contributed by atoms with Crippen LogP contribution >= 0.6 is 15.9 Å². The number of imidazole rings is 1. The van der Waals surface area contributed by atoms with Gasteiger partial charge in [-0.25, -0.2) is 13.8 Å². The van der Waals surface area contributed by atoms with Crippen LogP contribution in [0.1, 0.15) is 5.69 Å². The van der Waals surface area contributed by atoms with Crippen molar-refractivity contribution >= 4 is 15.9 Å². The molecule has 0 saturated heterocycles. The molecule has 20 heavy (non-hydrogen) atoms. The van der Waals surface area contributed by atoms with E-state index in [4.69, 9.17) is 4.74 Å². The summed E-state index contributed by atoms with van der Waals surface area (Å²) in [7, 11) is 1.64. The number of hydrogen-bond acceptors (Lipinski definition) is 3. The Labute approximate surface area is 123 Å². The third kappa shape index (κ3) is 3.41. The lowest BCUT2D eigenvalue weighted by molar-refractivity contribution is 0.199. The number of halogens is 3. The number of rotatable bonds is 6. The van der Waals surface area contributed by atoms with Gasteiger partial charge in [0.1, 0.15) is 5.82 Å². The first-order valence-electron chi connectivity index (χ1n) is 6.01. The topological polar surface area (TPSA) is 49.9 Å². The molecule has 1 heterocycles. The van der Waals surface area contributed by atoms with Crippen LogP contribution < -0.4 is 5.32 Å². The van der Waals surface area contributed by atoms with Gasteiger partial charge in [0, 0.05) is 37.7 Å². The van der Waals surface area contributed by atoms with Crippen LogP contribution in [0.2, 0.25) is 0 Å². The molecule has 0 atom stereocenters. The minimum atomic E-state index is -0.918. The van der Waals surface area contributed by atoms with E-state index in [-0.39, 0.29) is 4.47 Å². The van der Waals surface area contributed by atoms with Crippen LogP contribution in [0, 0.1) is 11.6 Å². The molecule has 0 aliphatic rings. The van der Waals surface area contributed by atoms with Gasteiger partial charge in [0.25, 0.3) is 0 Å². The van der Waals surface area contributed by atoms with E-state index in [2.05, 4.69) is 31.2 Å². The van der Waals surface area contributed by atoms with Gasteiger partial charge in [0.2, 0.25) is 0 Å². The summed E-state index contributed by atoms with van der Waals surface area (Å²) in [5, 5.41) is 3.16.